The van der Waals surface area contributed by atoms with E-state index in [1.165, 1.54) is 50.7 Å². The Hall–Kier alpha value is -0.870. The van der Waals surface area contributed by atoms with Crippen molar-refractivity contribution in [2.24, 2.45) is 11.1 Å². The van der Waals surface area contributed by atoms with Crippen molar-refractivity contribution in [3.8, 4) is 10.8 Å². The maximum absolute atomic E-state index is 10.4. The van der Waals surface area contributed by atoms with Gasteiger partial charge in [0.05, 0.1) is 10.9 Å². The smallest absolute Gasteiger partial charge is 0.294 e. The molecule has 1 atom stereocenters. The van der Waals surface area contributed by atoms with Crippen molar-refractivity contribution in [2.45, 2.75) is 70.2 Å². The van der Waals surface area contributed by atoms with Crippen LogP contribution in [0.15, 0.2) is 35.2 Å². The van der Waals surface area contributed by atoms with Crippen LogP contribution in [0.25, 0.3) is 0 Å². The highest BCUT2D eigenvalue weighted by Gasteiger charge is 2.24. The fourth-order valence-corrected chi connectivity index (χ4v) is 2.93. The van der Waals surface area contributed by atoms with Gasteiger partial charge in [-0.3, -0.25) is 4.55 Å². The van der Waals surface area contributed by atoms with Gasteiger partial charge in [0.15, 0.2) is 0 Å². The van der Waals surface area contributed by atoms with Crippen molar-refractivity contribution in [3.05, 3.63) is 30.3 Å². The van der Waals surface area contributed by atoms with E-state index < -0.39 is 10.1 Å². The molecule has 0 heterocycles. The van der Waals surface area contributed by atoms with Crippen LogP contribution in [0.2, 0.25) is 0 Å². The monoisotopic (exact) mass is 431 g/mol. The Bertz CT molecular complexity index is 634. The van der Waals surface area contributed by atoms with E-state index >= 15 is 0 Å². The van der Waals surface area contributed by atoms with Gasteiger partial charge in [0.1, 0.15) is 0 Å². The molecule has 0 saturated carbocycles. The highest BCUT2D eigenvalue weighted by molar-refractivity contribution is 9.12. The van der Waals surface area contributed by atoms with Crippen molar-refractivity contribution in [1.29, 1.82) is 0 Å². The minimum atomic E-state index is -4.00. The SMILES string of the molecule is CCCCCCCC(C)(C)C(N)C#CBr.O=S(=O)(O)c1ccccc1. The first kappa shape index (κ1) is 24.1. The average molecular weight is 432 g/mol. The Morgan fingerprint density at radius 1 is 1.16 bits per heavy atom. The van der Waals surface area contributed by atoms with Crippen LogP contribution < -0.4 is 5.73 Å². The fourth-order valence-electron chi connectivity index (χ4n) is 2.19. The number of benzene rings is 1. The van der Waals surface area contributed by atoms with Crippen molar-refractivity contribution < 1.29 is 13.0 Å². The number of halogens is 1. The second kappa shape index (κ2) is 12.5. The minimum absolute atomic E-state index is 0.0250. The number of hydrogen-bond donors (Lipinski definition) is 2. The van der Waals surface area contributed by atoms with Crippen LogP contribution in [0.3, 0.4) is 0 Å². The molecule has 3 N–H and O–H groups in total. The molecule has 0 radical (unpaired) electrons. The third-order valence-corrected chi connectivity index (χ3v) is 5.11. The van der Waals surface area contributed by atoms with E-state index in [-0.39, 0.29) is 16.4 Å². The summed E-state index contributed by atoms with van der Waals surface area (Å²) in [5.41, 5.74) is 6.13. The van der Waals surface area contributed by atoms with Crippen LogP contribution in [0.1, 0.15) is 59.3 Å². The van der Waals surface area contributed by atoms with E-state index in [1.54, 1.807) is 18.2 Å². The molecule has 0 spiro atoms. The number of nitrogens with two attached hydrogens (primary N) is 1. The maximum atomic E-state index is 10.4. The second-order valence-corrected chi connectivity index (χ2v) is 8.48. The highest BCUT2D eigenvalue weighted by Crippen LogP contribution is 2.26. The lowest BCUT2D eigenvalue weighted by Crippen LogP contribution is -2.35. The van der Waals surface area contributed by atoms with Crippen molar-refractivity contribution >= 4 is 26.0 Å². The summed E-state index contributed by atoms with van der Waals surface area (Å²) in [7, 11) is -4.00. The molecule has 25 heavy (non-hydrogen) atoms. The van der Waals surface area contributed by atoms with Crippen molar-refractivity contribution in [3.63, 3.8) is 0 Å². The predicted octanol–water partition coefficient (Wildman–Crippen LogP) is 4.99. The van der Waals surface area contributed by atoms with Gasteiger partial charge in [-0.2, -0.15) is 8.42 Å². The van der Waals surface area contributed by atoms with Crippen LogP contribution in [0, 0.1) is 16.2 Å². The number of rotatable bonds is 8. The molecule has 6 heteroatoms. The zero-order chi connectivity index (χ0) is 19.3. The molecule has 0 amide bonds. The third kappa shape index (κ3) is 11.4. The molecule has 1 unspecified atom stereocenters. The molecule has 0 aromatic heterocycles. The van der Waals surface area contributed by atoms with Crippen LogP contribution >= 0.6 is 15.9 Å². The summed E-state index contributed by atoms with van der Waals surface area (Å²) < 4.78 is 29.2. The highest BCUT2D eigenvalue weighted by atomic mass is 79.9. The molecule has 0 aliphatic rings. The van der Waals surface area contributed by atoms with Gasteiger partial charge in [0, 0.05) is 15.9 Å². The zero-order valence-corrected chi connectivity index (χ0v) is 17.7. The summed E-state index contributed by atoms with van der Waals surface area (Å²) in [6, 6.07) is 7.40. The lowest BCUT2D eigenvalue weighted by molar-refractivity contribution is 0.291. The Morgan fingerprint density at radius 2 is 1.72 bits per heavy atom. The molecule has 0 fully saturated rings. The Labute approximate surface area is 161 Å². The Morgan fingerprint density at radius 3 is 2.16 bits per heavy atom. The molecule has 0 saturated heterocycles. The van der Waals surface area contributed by atoms with Gasteiger partial charge in [-0.15, -0.1) is 0 Å². The van der Waals surface area contributed by atoms with Gasteiger partial charge >= 0.3 is 0 Å². The summed E-state index contributed by atoms with van der Waals surface area (Å²) in [4.78, 5) is 2.65. The van der Waals surface area contributed by atoms with E-state index in [4.69, 9.17) is 10.3 Å². The Kier molecular flexibility index (Phi) is 12.0. The topological polar surface area (TPSA) is 80.4 Å². The van der Waals surface area contributed by atoms with Crippen LogP contribution in [0.4, 0.5) is 0 Å². The summed E-state index contributed by atoms with van der Waals surface area (Å²) >= 11 is 3.10. The zero-order valence-electron chi connectivity index (χ0n) is 15.3. The summed E-state index contributed by atoms with van der Waals surface area (Å²) in [6.07, 6.45) is 7.77. The quantitative estimate of drug-likeness (QED) is 0.345. The minimum Gasteiger partial charge on any atom is -0.317 e. The maximum Gasteiger partial charge on any atom is 0.294 e. The van der Waals surface area contributed by atoms with E-state index in [0.717, 1.165) is 0 Å². The molecule has 0 aliphatic heterocycles. The normalized spacial score (nSPS) is 12.4. The molecule has 0 aliphatic carbocycles. The van der Waals surface area contributed by atoms with Gasteiger partial charge in [0.2, 0.25) is 0 Å². The average Bonchev–Trinajstić information content (AvgIpc) is 2.55. The van der Waals surface area contributed by atoms with Crippen LogP contribution in [-0.4, -0.2) is 19.0 Å². The summed E-state index contributed by atoms with van der Waals surface area (Å²) in [5, 5.41) is 0. The van der Waals surface area contributed by atoms with Crippen LogP contribution in [-0.2, 0) is 10.1 Å². The first-order valence-electron chi connectivity index (χ1n) is 8.54. The van der Waals surface area contributed by atoms with E-state index in [0.29, 0.717) is 0 Å². The lowest BCUT2D eigenvalue weighted by atomic mass is 9.80. The van der Waals surface area contributed by atoms with Gasteiger partial charge in [0.25, 0.3) is 10.1 Å². The van der Waals surface area contributed by atoms with Crippen molar-refractivity contribution in [2.75, 3.05) is 0 Å². The van der Waals surface area contributed by atoms with Crippen LogP contribution in [0.5, 0.6) is 0 Å². The first-order valence-corrected chi connectivity index (χ1v) is 10.8. The van der Waals surface area contributed by atoms with Gasteiger partial charge in [-0.1, -0.05) is 77.0 Å². The molecular formula is C19H30BrNO3S. The largest absolute Gasteiger partial charge is 0.317 e. The summed E-state index contributed by atoms with van der Waals surface area (Å²) in [6.45, 7) is 6.65. The van der Waals surface area contributed by atoms with Gasteiger partial charge < -0.3 is 5.73 Å². The standard InChI is InChI=1S/C13H24BrN.C6H6O3S/c1-4-5-6-7-8-10-13(2,3)12(15)9-11-14;7-10(8,9)6-4-2-1-3-5-6/h12H,4-8,10,15H2,1-3H3;1-5H,(H,7,8,9). The number of hydrogen-bond acceptors (Lipinski definition) is 3. The van der Waals surface area contributed by atoms with Gasteiger partial charge in [-0.05, 0) is 28.8 Å². The molecular weight excluding hydrogens is 402 g/mol. The van der Waals surface area contributed by atoms with Crippen molar-refractivity contribution in [1.82, 2.24) is 0 Å². The fraction of sp³-hybridized carbons (Fsp3) is 0.579. The van der Waals surface area contributed by atoms with E-state index in [2.05, 4.69) is 47.5 Å². The molecule has 1 rings (SSSR count). The lowest BCUT2D eigenvalue weighted by Gasteiger charge is -2.28. The second-order valence-electron chi connectivity index (χ2n) is 6.66. The molecule has 1 aromatic carbocycles. The summed E-state index contributed by atoms with van der Waals surface area (Å²) in [5.74, 6) is 2.98. The van der Waals surface area contributed by atoms with E-state index in [9.17, 15) is 8.42 Å². The Balaban J connectivity index is 0.000000496. The van der Waals surface area contributed by atoms with Gasteiger partial charge in [-0.25, -0.2) is 0 Å². The molecule has 142 valence electrons. The van der Waals surface area contributed by atoms with E-state index in [1.807, 2.05) is 0 Å². The number of unbranched alkanes of at least 4 members (excludes halogenated alkanes) is 4. The molecule has 0 bridgehead atoms. The third-order valence-electron chi connectivity index (χ3n) is 4.02. The molecule has 4 nitrogen and oxygen atoms in total. The first-order chi connectivity index (χ1) is 11.6. The molecule has 1 aromatic rings. The predicted molar refractivity (Wildman–Crippen MR) is 108 cm³/mol.